The molecule has 0 aromatic heterocycles. The van der Waals surface area contributed by atoms with Gasteiger partial charge < -0.3 is 10.8 Å². The SMILES string of the molecule is C=CCC(N)(CC(=O)O)Cc1ccccc1. The number of hydrogen-bond acceptors (Lipinski definition) is 2. The van der Waals surface area contributed by atoms with Crippen LogP contribution in [0.5, 0.6) is 0 Å². The smallest absolute Gasteiger partial charge is 0.305 e. The molecule has 86 valence electrons. The Morgan fingerprint density at radius 1 is 1.44 bits per heavy atom. The van der Waals surface area contributed by atoms with Crippen molar-refractivity contribution >= 4 is 5.97 Å². The zero-order valence-corrected chi connectivity index (χ0v) is 9.23. The minimum absolute atomic E-state index is 0.0477. The quantitative estimate of drug-likeness (QED) is 0.719. The summed E-state index contributed by atoms with van der Waals surface area (Å²) in [6.45, 7) is 3.62. The monoisotopic (exact) mass is 219 g/mol. The van der Waals surface area contributed by atoms with Crippen LogP contribution in [0.2, 0.25) is 0 Å². The van der Waals surface area contributed by atoms with Gasteiger partial charge in [0.05, 0.1) is 6.42 Å². The van der Waals surface area contributed by atoms with E-state index in [0.717, 1.165) is 5.56 Å². The molecule has 0 fully saturated rings. The number of carboxylic acids is 1. The molecule has 3 heteroatoms. The molecule has 16 heavy (non-hydrogen) atoms. The van der Waals surface area contributed by atoms with E-state index in [0.29, 0.717) is 12.8 Å². The van der Waals surface area contributed by atoms with Crippen molar-refractivity contribution in [2.24, 2.45) is 5.73 Å². The zero-order valence-electron chi connectivity index (χ0n) is 9.23. The van der Waals surface area contributed by atoms with E-state index in [-0.39, 0.29) is 6.42 Å². The standard InChI is InChI=1S/C13H17NO2/c1-2-8-13(14,10-12(15)16)9-11-6-4-3-5-7-11/h2-7H,1,8-10,14H2,(H,15,16). The summed E-state index contributed by atoms with van der Waals surface area (Å²) in [6, 6.07) is 9.67. The zero-order chi connectivity index (χ0) is 12.0. The van der Waals surface area contributed by atoms with Crippen LogP contribution in [0.3, 0.4) is 0 Å². The van der Waals surface area contributed by atoms with Crippen LogP contribution in [0, 0.1) is 0 Å². The first-order valence-corrected chi connectivity index (χ1v) is 5.21. The molecule has 1 aromatic rings. The lowest BCUT2D eigenvalue weighted by atomic mass is 9.85. The van der Waals surface area contributed by atoms with Gasteiger partial charge in [-0.3, -0.25) is 4.79 Å². The molecule has 0 spiro atoms. The summed E-state index contributed by atoms with van der Waals surface area (Å²) in [5.41, 5.74) is 6.40. The molecule has 1 aromatic carbocycles. The molecular formula is C13H17NO2. The lowest BCUT2D eigenvalue weighted by Crippen LogP contribution is -2.43. The lowest BCUT2D eigenvalue weighted by molar-refractivity contribution is -0.138. The van der Waals surface area contributed by atoms with Crippen molar-refractivity contribution in [3.8, 4) is 0 Å². The van der Waals surface area contributed by atoms with Gasteiger partial charge in [0, 0.05) is 5.54 Å². The van der Waals surface area contributed by atoms with Crippen molar-refractivity contribution in [3.05, 3.63) is 48.6 Å². The summed E-state index contributed by atoms with van der Waals surface area (Å²) in [5.74, 6) is -0.875. The third-order valence-electron chi connectivity index (χ3n) is 2.45. The molecule has 1 rings (SSSR count). The summed E-state index contributed by atoms with van der Waals surface area (Å²) < 4.78 is 0. The lowest BCUT2D eigenvalue weighted by Gasteiger charge is -2.26. The maximum atomic E-state index is 10.8. The minimum Gasteiger partial charge on any atom is -0.481 e. The number of rotatable bonds is 6. The third kappa shape index (κ3) is 3.87. The number of benzene rings is 1. The molecule has 0 saturated carbocycles. The van der Waals surface area contributed by atoms with Gasteiger partial charge in [0.25, 0.3) is 0 Å². The number of carbonyl (C=O) groups is 1. The largest absolute Gasteiger partial charge is 0.481 e. The van der Waals surface area contributed by atoms with E-state index in [1.54, 1.807) is 6.08 Å². The highest BCUT2D eigenvalue weighted by atomic mass is 16.4. The number of aliphatic carboxylic acids is 1. The van der Waals surface area contributed by atoms with Gasteiger partial charge in [-0.15, -0.1) is 6.58 Å². The van der Waals surface area contributed by atoms with E-state index in [9.17, 15) is 4.79 Å². The molecule has 1 unspecified atom stereocenters. The van der Waals surface area contributed by atoms with Gasteiger partial charge >= 0.3 is 5.97 Å². The Hall–Kier alpha value is -1.61. The van der Waals surface area contributed by atoms with Gasteiger partial charge in [-0.05, 0) is 18.4 Å². The highest BCUT2D eigenvalue weighted by Gasteiger charge is 2.27. The predicted molar refractivity (Wildman–Crippen MR) is 64.1 cm³/mol. The predicted octanol–water partition coefficient (Wildman–Crippen LogP) is 1.98. The van der Waals surface area contributed by atoms with Crippen molar-refractivity contribution in [1.29, 1.82) is 0 Å². The fraction of sp³-hybridized carbons (Fsp3) is 0.308. The van der Waals surface area contributed by atoms with Gasteiger partial charge in [0.2, 0.25) is 0 Å². The summed E-state index contributed by atoms with van der Waals surface area (Å²) >= 11 is 0. The van der Waals surface area contributed by atoms with Crippen LogP contribution >= 0.6 is 0 Å². The van der Waals surface area contributed by atoms with E-state index in [2.05, 4.69) is 6.58 Å². The van der Waals surface area contributed by atoms with Gasteiger partial charge in [-0.25, -0.2) is 0 Å². The van der Waals surface area contributed by atoms with Gasteiger partial charge in [0.1, 0.15) is 0 Å². The Kier molecular flexibility index (Phi) is 4.26. The van der Waals surface area contributed by atoms with Crippen molar-refractivity contribution in [3.63, 3.8) is 0 Å². The van der Waals surface area contributed by atoms with E-state index >= 15 is 0 Å². The first-order chi connectivity index (χ1) is 7.56. The number of nitrogens with two attached hydrogens (primary N) is 1. The summed E-state index contributed by atoms with van der Waals surface area (Å²) in [6.07, 6.45) is 2.67. The fourth-order valence-electron chi connectivity index (χ4n) is 1.80. The molecule has 0 saturated heterocycles. The second-order valence-corrected chi connectivity index (χ2v) is 4.09. The Bertz CT molecular complexity index is 361. The van der Waals surface area contributed by atoms with Crippen LogP contribution in [0.1, 0.15) is 18.4 Å². The van der Waals surface area contributed by atoms with Crippen LogP contribution in [0.4, 0.5) is 0 Å². The van der Waals surface area contributed by atoms with Crippen LogP contribution in [-0.4, -0.2) is 16.6 Å². The van der Waals surface area contributed by atoms with E-state index in [1.807, 2.05) is 30.3 Å². The molecule has 0 aliphatic heterocycles. The Morgan fingerprint density at radius 3 is 2.56 bits per heavy atom. The molecule has 0 aliphatic rings. The van der Waals surface area contributed by atoms with Crippen LogP contribution in [0.15, 0.2) is 43.0 Å². The molecule has 0 amide bonds. The molecular weight excluding hydrogens is 202 g/mol. The molecule has 0 bridgehead atoms. The fourth-order valence-corrected chi connectivity index (χ4v) is 1.80. The minimum atomic E-state index is -0.875. The highest BCUT2D eigenvalue weighted by Crippen LogP contribution is 2.19. The normalized spacial score (nSPS) is 14.1. The molecule has 3 nitrogen and oxygen atoms in total. The summed E-state index contributed by atoms with van der Waals surface area (Å²) in [5, 5.41) is 8.84. The van der Waals surface area contributed by atoms with Crippen molar-refractivity contribution in [2.75, 3.05) is 0 Å². The van der Waals surface area contributed by atoms with Crippen LogP contribution < -0.4 is 5.73 Å². The topological polar surface area (TPSA) is 63.3 Å². The van der Waals surface area contributed by atoms with Crippen molar-refractivity contribution in [1.82, 2.24) is 0 Å². The first-order valence-electron chi connectivity index (χ1n) is 5.21. The average molecular weight is 219 g/mol. The molecule has 0 aliphatic carbocycles. The van der Waals surface area contributed by atoms with Crippen molar-refractivity contribution < 1.29 is 9.90 Å². The van der Waals surface area contributed by atoms with Gasteiger partial charge in [0.15, 0.2) is 0 Å². The van der Waals surface area contributed by atoms with Crippen molar-refractivity contribution in [2.45, 2.75) is 24.8 Å². The summed E-state index contributed by atoms with van der Waals surface area (Å²) in [7, 11) is 0. The average Bonchev–Trinajstić information content (AvgIpc) is 2.17. The molecule has 0 radical (unpaired) electrons. The molecule has 1 atom stereocenters. The maximum Gasteiger partial charge on any atom is 0.305 e. The van der Waals surface area contributed by atoms with Crippen LogP contribution in [0.25, 0.3) is 0 Å². The van der Waals surface area contributed by atoms with Crippen LogP contribution in [-0.2, 0) is 11.2 Å². The number of hydrogen-bond donors (Lipinski definition) is 2. The molecule has 0 heterocycles. The van der Waals surface area contributed by atoms with E-state index in [4.69, 9.17) is 10.8 Å². The molecule has 3 N–H and O–H groups in total. The summed E-state index contributed by atoms with van der Waals surface area (Å²) in [4.78, 5) is 10.8. The maximum absolute atomic E-state index is 10.8. The van der Waals surface area contributed by atoms with E-state index < -0.39 is 11.5 Å². The second kappa shape index (κ2) is 5.47. The first kappa shape index (κ1) is 12.5. The Balaban J connectivity index is 2.78. The Morgan fingerprint density at radius 2 is 2.06 bits per heavy atom. The second-order valence-electron chi connectivity index (χ2n) is 4.09. The highest BCUT2D eigenvalue weighted by molar-refractivity contribution is 5.68. The van der Waals surface area contributed by atoms with E-state index in [1.165, 1.54) is 0 Å². The van der Waals surface area contributed by atoms with Gasteiger partial charge in [-0.1, -0.05) is 36.4 Å². The third-order valence-corrected chi connectivity index (χ3v) is 2.45. The Labute approximate surface area is 95.6 Å². The number of carboxylic acid groups (broad SMARTS) is 1. The van der Waals surface area contributed by atoms with Gasteiger partial charge in [-0.2, -0.15) is 0 Å².